The Hall–Kier alpha value is -1.15. The maximum atomic E-state index is 12.6. The molecule has 1 aromatic carbocycles. The van der Waals surface area contributed by atoms with E-state index in [0.29, 0.717) is 12.1 Å². The molecule has 8 heteroatoms. The van der Waals surface area contributed by atoms with Gasteiger partial charge in [0.05, 0.1) is 10.4 Å². The first-order valence-electron chi connectivity index (χ1n) is 8.32. The number of nitrogens with zero attached hydrogens (tertiary/aromatic N) is 1. The summed E-state index contributed by atoms with van der Waals surface area (Å²) in [5.41, 5.74) is 5.83. The highest BCUT2D eigenvalue weighted by atomic mass is 35.5. The summed E-state index contributed by atoms with van der Waals surface area (Å²) < 4.78 is 26.5. The topological polar surface area (TPSA) is 92.5 Å². The number of sulfonamides is 1. The monoisotopic (exact) mass is 389 g/mol. The van der Waals surface area contributed by atoms with E-state index in [1.54, 1.807) is 26.0 Å². The molecule has 0 saturated heterocycles. The Morgan fingerprint density at radius 1 is 1.32 bits per heavy atom. The van der Waals surface area contributed by atoms with Gasteiger partial charge in [0.1, 0.15) is 0 Å². The van der Waals surface area contributed by atoms with Gasteiger partial charge in [-0.05, 0) is 44.9 Å². The Morgan fingerprint density at radius 2 is 1.92 bits per heavy atom. The molecule has 1 aliphatic carbocycles. The SMILES string of the molecule is CC(C)N(C)S(=O)(=O)c1cccc(C(=O)NC2(CN)CCCC2)c1.Cl. The van der Waals surface area contributed by atoms with E-state index in [1.165, 1.54) is 23.5 Å². The fourth-order valence-corrected chi connectivity index (χ4v) is 4.40. The van der Waals surface area contributed by atoms with Crippen LogP contribution >= 0.6 is 12.4 Å². The molecule has 0 bridgehead atoms. The summed E-state index contributed by atoms with van der Waals surface area (Å²) in [6, 6.07) is 6.01. The second-order valence-electron chi connectivity index (χ2n) is 6.79. The van der Waals surface area contributed by atoms with Crippen molar-refractivity contribution < 1.29 is 13.2 Å². The number of hydrogen-bond donors (Lipinski definition) is 2. The molecule has 0 radical (unpaired) electrons. The highest BCUT2D eigenvalue weighted by Gasteiger charge is 2.34. The van der Waals surface area contributed by atoms with E-state index >= 15 is 0 Å². The van der Waals surface area contributed by atoms with Crippen LogP contribution in [0.3, 0.4) is 0 Å². The molecule has 1 fully saturated rings. The van der Waals surface area contributed by atoms with Gasteiger partial charge < -0.3 is 11.1 Å². The van der Waals surface area contributed by atoms with Crippen molar-refractivity contribution in [3.63, 3.8) is 0 Å². The molecular weight excluding hydrogens is 362 g/mol. The second kappa shape index (κ2) is 8.49. The van der Waals surface area contributed by atoms with E-state index in [4.69, 9.17) is 5.73 Å². The van der Waals surface area contributed by atoms with Gasteiger partial charge in [0.25, 0.3) is 5.91 Å². The van der Waals surface area contributed by atoms with Crippen molar-refractivity contribution in [3.05, 3.63) is 29.8 Å². The van der Waals surface area contributed by atoms with E-state index in [-0.39, 0.29) is 34.8 Å². The van der Waals surface area contributed by atoms with E-state index in [1.807, 2.05) is 0 Å². The molecule has 0 atom stereocenters. The summed E-state index contributed by atoms with van der Waals surface area (Å²) in [7, 11) is -2.08. The van der Waals surface area contributed by atoms with Crippen LogP contribution in [-0.4, -0.2) is 43.8 Å². The highest BCUT2D eigenvalue weighted by Crippen LogP contribution is 2.29. The van der Waals surface area contributed by atoms with Crippen LogP contribution in [0.5, 0.6) is 0 Å². The molecule has 0 unspecified atom stereocenters. The van der Waals surface area contributed by atoms with Gasteiger partial charge in [-0.15, -0.1) is 12.4 Å². The molecule has 2 rings (SSSR count). The minimum atomic E-state index is -3.61. The van der Waals surface area contributed by atoms with Crippen molar-refractivity contribution >= 4 is 28.3 Å². The van der Waals surface area contributed by atoms with Crippen LogP contribution < -0.4 is 11.1 Å². The lowest BCUT2D eigenvalue weighted by atomic mass is 9.97. The lowest BCUT2D eigenvalue weighted by molar-refractivity contribution is 0.0903. The minimum Gasteiger partial charge on any atom is -0.345 e. The summed E-state index contributed by atoms with van der Waals surface area (Å²) in [5.74, 6) is -0.272. The van der Waals surface area contributed by atoms with Crippen LogP contribution in [0.25, 0.3) is 0 Å². The average molecular weight is 390 g/mol. The Bertz CT molecular complexity index is 701. The van der Waals surface area contributed by atoms with E-state index in [9.17, 15) is 13.2 Å². The zero-order valence-electron chi connectivity index (χ0n) is 15.0. The van der Waals surface area contributed by atoms with Gasteiger partial charge >= 0.3 is 0 Å². The van der Waals surface area contributed by atoms with Crippen molar-refractivity contribution in [1.29, 1.82) is 0 Å². The average Bonchev–Trinajstić information content (AvgIpc) is 3.03. The van der Waals surface area contributed by atoms with Crippen molar-refractivity contribution in [3.8, 4) is 0 Å². The van der Waals surface area contributed by atoms with Crippen LogP contribution in [0.2, 0.25) is 0 Å². The van der Waals surface area contributed by atoms with E-state index in [0.717, 1.165) is 25.7 Å². The van der Waals surface area contributed by atoms with Crippen molar-refractivity contribution in [2.75, 3.05) is 13.6 Å². The number of benzene rings is 1. The molecule has 1 aliphatic rings. The Kier molecular flexibility index (Phi) is 7.43. The third kappa shape index (κ3) is 4.73. The zero-order valence-corrected chi connectivity index (χ0v) is 16.6. The molecular formula is C17H28ClN3O3S. The van der Waals surface area contributed by atoms with Crippen molar-refractivity contribution in [2.45, 2.75) is 56.0 Å². The molecule has 0 aliphatic heterocycles. The third-order valence-corrected chi connectivity index (χ3v) is 6.86. The summed E-state index contributed by atoms with van der Waals surface area (Å²) in [6.45, 7) is 4.01. The van der Waals surface area contributed by atoms with Crippen LogP contribution in [-0.2, 0) is 10.0 Å². The molecule has 1 saturated carbocycles. The minimum absolute atomic E-state index is 0. The van der Waals surface area contributed by atoms with Gasteiger partial charge in [0.2, 0.25) is 10.0 Å². The second-order valence-corrected chi connectivity index (χ2v) is 8.79. The van der Waals surface area contributed by atoms with Gasteiger partial charge in [-0.25, -0.2) is 8.42 Å². The molecule has 25 heavy (non-hydrogen) atoms. The van der Waals surface area contributed by atoms with Gasteiger partial charge in [0.15, 0.2) is 0 Å². The number of carbonyl (C=O) groups excluding carboxylic acids is 1. The summed E-state index contributed by atoms with van der Waals surface area (Å²) in [5, 5.41) is 3.02. The molecule has 0 heterocycles. The number of nitrogens with one attached hydrogen (secondary N) is 1. The van der Waals surface area contributed by atoms with Crippen molar-refractivity contribution in [2.24, 2.45) is 5.73 Å². The molecule has 0 aromatic heterocycles. The third-order valence-electron chi connectivity index (χ3n) is 4.83. The lowest BCUT2D eigenvalue weighted by Crippen LogP contribution is -2.51. The molecule has 142 valence electrons. The van der Waals surface area contributed by atoms with Crippen LogP contribution in [0.4, 0.5) is 0 Å². The molecule has 3 N–H and O–H groups in total. The largest absolute Gasteiger partial charge is 0.345 e. The first-order chi connectivity index (χ1) is 11.2. The zero-order chi connectivity index (χ0) is 18.0. The Morgan fingerprint density at radius 3 is 2.44 bits per heavy atom. The fraction of sp³-hybridized carbons (Fsp3) is 0.588. The molecule has 6 nitrogen and oxygen atoms in total. The van der Waals surface area contributed by atoms with Gasteiger partial charge in [-0.2, -0.15) is 4.31 Å². The summed E-state index contributed by atoms with van der Waals surface area (Å²) in [4.78, 5) is 12.7. The molecule has 0 spiro atoms. The van der Waals surface area contributed by atoms with E-state index in [2.05, 4.69) is 5.32 Å². The first-order valence-corrected chi connectivity index (χ1v) is 9.76. The quantitative estimate of drug-likeness (QED) is 0.779. The Labute approximate surface area is 156 Å². The van der Waals surface area contributed by atoms with Crippen molar-refractivity contribution in [1.82, 2.24) is 9.62 Å². The number of halogens is 1. The number of amides is 1. The van der Waals surface area contributed by atoms with Gasteiger partial charge in [0, 0.05) is 25.2 Å². The fourth-order valence-electron chi connectivity index (χ4n) is 2.99. The van der Waals surface area contributed by atoms with Crippen LogP contribution in [0, 0.1) is 0 Å². The standard InChI is InChI=1S/C17H27N3O3S.ClH/c1-13(2)20(3)24(22,23)15-8-6-7-14(11-15)16(21)19-17(12-18)9-4-5-10-17;/h6-8,11,13H,4-5,9-10,12,18H2,1-3H3,(H,19,21);1H. The van der Waals surface area contributed by atoms with E-state index < -0.39 is 10.0 Å². The normalized spacial score (nSPS) is 16.7. The molecule has 1 amide bonds. The summed E-state index contributed by atoms with van der Waals surface area (Å²) in [6.07, 6.45) is 3.82. The predicted molar refractivity (Wildman–Crippen MR) is 101 cm³/mol. The number of nitrogens with two attached hydrogens (primary N) is 1. The van der Waals surface area contributed by atoms with Gasteiger partial charge in [-0.1, -0.05) is 18.9 Å². The molecule has 1 aromatic rings. The maximum Gasteiger partial charge on any atom is 0.251 e. The maximum absolute atomic E-state index is 12.6. The van der Waals surface area contributed by atoms with Gasteiger partial charge in [-0.3, -0.25) is 4.79 Å². The number of carbonyl (C=O) groups is 1. The van der Waals surface area contributed by atoms with Crippen LogP contribution in [0.1, 0.15) is 49.9 Å². The smallest absolute Gasteiger partial charge is 0.251 e. The first kappa shape index (κ1) is 21.9. The number of hydrogen-bond acceptors (Lipinski definition) is 4. The lowest BCUT2D eigenvalue weighted by Gasteiger charge is -2.28. The predicted octanol–water partition coefficient (Wildman–Crippen LogP) is 2.14. The summed E-state index contributed by atoms with van der Waals surface area (Å²) >= 11 is 0. The highest BCUT2D eigenvalue weighted by molar-refractivity contribution is 7.89. The van der Waals surface area contributed by atoms with Crippen LogP contribution in [0.15, 0.2) is 29.2 Å². The Balaban J connectivity index is 0.00000312. The number of rotatable bonds is 6.